The van der Waals surface area contributed by atoms with E-state index in [-0.39, 0.29) is 5.41 Å². The van der Waals surface area contributed by atoms with Crippen molar-refractivity contribution in [1.82, 2.24) is 0 Å². The van der Waals surface area contributed by atoms with Gasteiger partial charge in [-0.25, -0.2) is 0 Å². The fourth-order valence-electron chi connectivity index (χ4n) is 8.56. The Morgan fingerprint density at radius 2 is 0.981 bits per heavy atom. The maximum atomic E-state index is 2.41. The average Bonchev–Trinajstić information content (AvgIpc) is 3.71. The van der Waals surface area contributed by atoms with Gasteiger partial charge in [0, 0.05) is 42.5 Å². The van der Waals surface area contributed by atoms with Crippen LogP contribution in [0.3, 0.4) is 0 Å². The van der Waals surface area contributed by atoms with Crippen LogP contribution in [0.2, 0.25) is 0 Å². The van der Waals surface area contributed by atoms with Crippen LogP contribution < -0.4 is 4.90 Å². The van der Waals surface area contributed by atoms with E-state index in [1.54, 1.807) is 0 Å². The predicted octanol–water partition coefficient (Wildman–Crippen LogP) is 14.8. The normalized spacial score (nSPS) is 12.9. The molecule has 252 valence electrons. The number of para-hydroxylation sites is 2. The summed E-state index contributed by atoms with van der Waals surface area (Å²) in [7, 11) is 0. The first-order valence-corrected chi connectivity index (χ1v) is 19.2. The van der Waals surface area contributed by atoms with Crippen LogP contribution in [0.1, 0.15) is 25.0 Å². The predicted molar refractivity (Wildman–Crippen MR) is 228 cm³/mol. The topological polar surface area (TPSA) is 3.24 Å². The van der Waals surface area contributed by atoms with Gasteiger partial charge in [0.15, 0.2) is 0 Å². The van der Waals surface area contributed by atoms with Crippen molar-refractivity contribution in [2.75, 3.05) is 4.90 Å². The van der Waals surface area contributed by atoms with Crippen LogP contribution in [0.25, 0.3) is 64.7 Å². The lowest BCUT2D eigenvalue weighted by Crippen LogP contribution is -2.14. The van der Waals surface area contributed by atoms with E-state index in [1.165, 1.54) is 75.8 Å². The smallest absolute Gasteiger partial charge is 0.0540 e. The zero-order valence-electron chi connectivity index (χ0n) is 29.8. The van der Waals surface area contributed by atoms with Gasteiger partial charge >= 0.3 is 0 Å². The van der Waals surface area contributed by atoms with E-state index < -0.39 is 0 Å². The Morgan fingerprint density at radius 3 is 1.81 bits per heavy atom. The van der Waals surface area contributed by atoms with Gasteiger partial charge in [-0.1, -0.05) is 153 Å². The molecule has 1 aromatic heterocycles. The molecule has 53 heavy (non-hydrogen) atoms. The number of benzene rings is 8. The first-order valence-electron chi connectivity index (χ1n) is 18.4. The number of fused-ring (bicyclic) bond motifs is 6. The zero-order chi connectivity index (χ0) is 35.5. The van der Waals surface area contributed by atoms with E-state index in [0.717, 1.165) is 17.1 Å². The van der Waals surface area contributed by atoms with Crippen molar-refractivity contribution in [2.24, 2.45) is 0 Å². The first kappa shape index (κ1) is 31.5. The molecule has 0 saturated heterocycles. The molecule has 0 radical (unpaired) electrons. The van der Waals surface area contributed by atoms with Gasteiger partial charge in [0.05, 0.1) is 5.69 Å². The van der Waals surface area contributed by atoms with Crippen molar-refractivity contribution in [1.29, 1.82) is 0 Å². The Morgan fingerprint density at radius 1 is 0.396 bits per heavy atom. The van der Waals surface area contributed by atoms with Crippen LogP contribution in [-0.2, 0) is 5.41 Å². The van der Waals surface area contributed by atoms with Crippen molar-refractivity contribution in [3.05, 3.63) is 199 Å². The van der Waals surface area contributed by atoms with Gasteiger partial charge < -0.3 is 4.90 Å². The van der Waals surface area contributed by atoms with Crippen LogP contribution in [0.4, 0.5) is 17.1 Å². The highest BCUT2D eigenvalue weighted by atomic mass is 32.1. The molecule has 0 spiro atoms. The highest BCUT2D eigenvalue weighted by molar-refractivity contribution is 7.25. The molecule has 0 amide bonds. The third kappa shape index (κ3) is 5.13. The second-order valence-corrected chi connectivity index (χ2v) is 15.6. The lowest BCUT2D eigenvalue weighted by Gasteiger charge is -2.28. The minimum absolute atomic E-state index is 0.0215. The standard InChI is InChI=1S/C51H37NS/c1-51(2)45-23-11-8-19-41(45)44-33-35(29-32-46(44)51)38-17-6-7-18-40(38)42-20-9-12-24-47(42)52(36-15-4-3-5-16-36)37-30-27-34(28-31-37)39-22-14-26-49-50(39)43-21-10-13-25-48(43)53-49/h3-33H,1-2H3. The molecule has 0 fully saturated rings. The molecule has 10 rings (SSSR count). The van der Waals surface area contributed by atoms with E-state index in [1.807, 2.05) is 11.3 Å². The summed E-state index contributed by atoms with van der Waals surface area (Å²) >= 11 is 1.87. The minimum Gasteiger partial charge on any atom is -0.310 e. The zero-order valence-corrected chi connectivity index (χ0v) is 30.6. The molecule has 0 aliphatic heterocycles. The largest absolute Gasteiger partial charge is 0.310 e. The summed E-state index contributed by atoms with van der Waals surface area (Å²) in [4.78, 5) is 2.40. The van der Waals surface area contributed by atoms with Crippen molar-refractivity contribution < 1.29 is 0 Å². The van der Waals surface area contributed by atoms with E-state index >= 15 is 0 Å². The van der Waals surface area contributed by atoms with Crippen LogP contribution in [0.5, 0.6) is 0 Å². The maximum Gasteiger partial charge on any atom is 0.0540 e. The molecule has 1 aliphatic rings. The fourth-order valence-corrected chi connectivity index (χ4v) is 9.70. The average molecular weight is 696 g/mol. The number of thiophene rings is 1. The molecule has 2 heteroatoms. The molecular weight excluding hydrogens is 659 g/mol. The molecule has 0 atom stereocenters. The quantitative estimate of drug-likeness (QED) is 0.167. The molecule has 0 N–H and O–H groups in total. The summed E-state index contributed by atoms with van der Waals surface area (Å²) in [6.45, 7) is 4.69. The van der Waals surface area contributed by atoms with Crippen LogP contribution in [0, 0.1) is 0 Å². The number of rotatable bonds is 6. The molecule has 0 unspecified atom stereocenters. The summed E-state index contributed by atoms with van der Waals surface area (Å²) < 4.78 is 2.65. The highest BCUT2D eigenvalue weighted by Crippen LogP contribution is 2.51. The van der Waals surface area contributed by atoms with Crippen LogP contribution in [-0.4, -0.2) is 0 Å². The van der Waals surface area contributed by atoms with Gasteiger partial charge in [0.25, 0.3) is 0 Å². The van der Waals surface area contributed by atoms with Crippen LogP contribution >= 0.6 is 11.3 Å². The Labute approximate surface area is 315 Å². The van der Waals surface area contributed by atoms with Gasteiger partial charge in [-0.2, -0.15) is 0 Å². The molecule has 0 bridgehead atoms. The monoisotopic (exact) mass is 695 g/mol. The number of nitrogens with zero attached hydrogens (tertiary/aromatic N) is 1. The fraction of sp³-hybridized carbons (Fsp3) is 0.0588. The van der Waals surface area contributed by atoms with Gasteiger partial charge in [0.2, 0.25) is 0 Å². The third-order valence-electron chi connectivity index (χ3n) is 11.1. The molecule has 1 heterocycles. The van der Waals surface area contributed by atoms with Gasteiger partial charge in [-0.15, -0.1) is 11.3 Å². The summed E-state index contributed by atoms with van der Waals surface area (Å²) in [5.41, 5.74) is 16.2. The number of hydrogen-bond acceptors (Lipinski definition) is 2. The molecular formula is C51H37NS. The summed E-state index contributed by atoms with van der Waals surface area (Å²) in [5.74, 6) is 0. The summed E-state index contributed by atoms with van der Waals surface area (Å²) in [6, 6.07) is 69.0. The van der Waals surface area contributed by atoms with E-state index in [4.69, 9.17) is 0 Å². The van der Waals surface area contributed by atoms with Crippen molar-refractivity contribution in [3.8, 4) is 44.5 Å². The number of hydrogen-bond donors (Lipinski definition) is 0. The van der Waals surface area contributed by atoms with Gasteiger partial charge in [-0.05, 0) is 98.6 Å². The van der Waals surface area contributed by atoms with Crippen molar-refractivity contribution >= 4 is 48.6 Å². The van der Waals surface area contributed by atoms with Crippen molar-refractivity contribution in [3.63, 3.8) is 0 Å². The molecule has 0 saturated carbocycles. The molecule has 1 aliphatic carbocycles. The molecule has 8 aromatic carbocycles. The summed E-state index contributed by atoms with van der Waals surface area (Å²) in [6.07, 6.45) is 0. The van der Waals surface area contributed by atoms with Gasteiger partial charge in [-0.3, -0.25) is 0 Å². The second-order valence-electron chi connectivity index (χ2n) is 14.5. The Hall–Kier alpha value is -6.22. The number of anilines is 3. The highest BCUT2D eigenvalue weighted by Gasteiger charge is 2.35. The van der Waals surface area contributed by atoms with Crippen LogP contribution in [0.15, 0.2) is 188 Å². The SMILES string of the molecule is CC1(C)c2ccccc2-c2cc(-c3ccccc3-c3ccccc3N(c3ccccc3)c3ccc(-c4cccc5sc6ccccc6c45)cc3)ccc21. The minimum atomic E-state index is -0.0215. The van der Waals surface area contributed by atoms with E-state index in [2.05, 4.69) is 207 Å². The Kier molecular flexibility index (Phi) is 7.42. The lowest BCUT2D eigenvalue weighted by atomic mass is 9.82. The molecule has 1 nitrogen and oxygen atoms in total. The third-order valence-corrected chi connectivity index (χ3v) is 12.2. The molecule has 9 aromatic rings. The maximum absolute atomic E-state index is 2.41. The Bertz CT molecular complexity index is 2810. The van der Waals surface area contributed by atoms with Crippen molar-refractivity contribution in [2.45, 2.75) is 19.3 Å². The van der Waals surface area contributed by atoms with E-state index in [0.29, 0.717) is 0 Å². The lowest BCUT2D eigenvalue weighted by molar-refractivity contribution is 0.660. The first-order chi connectivity index (χ1) is 26.1. The Balaban J connectivity index is 1.10. The van der Waals surface area contributed by atoms with Gasteiger partial charge in [0.1, 0.15) is 0 Å². The van der Waals surface area contributed by atoms with E-state index in [9.17, 15) is 0 Å². The second kappa shape index (κ2) is 12.5. The summed E-state index contributed by atoms with van der Waals surface area (Å²) in [5, 5.41) is 2.66.